The number of nitrogens with one attached hydrogen (secondary N) is 1. The Bertz CT molecular complexity index is 795. The van der Waals surface area contributed by atoms with E-state index in [1.165, 1.54) is 0 Å². The van der Waals surface area contributed by atoms with E-state index in [9.17, 15) is 4.79 Å². The highest BCUT2D eigenvalue weighted by Crippen LogP contribution is 2.27. The fraction of sp³-hybridized carbons (Fsp3) is 0.100. The zero-order valence-corrected chi connectivity index (χ0v) is 14.8. The van der Waals surface area contributed by atoms with Gasteiger partial charge in [-0.3, -0.25) is 4.79 Å². The number of pyridine rings is 1. The second-order valence-corrected chi connectivity index (χ2v) is 6.48. The SMILES string of the molecule is Cc1cc(Br)cnc1NC(=O)C(c1ccccc1)c1ccccc1. The second kappa shape index (κ2) is 7.41. The summed E-state index contributed by atoms with van der Waals surface area (Å²) in [5.41, 5.74) is 2.82. The van der Waals surface area contributed by atoms with E-state index in [-0.39, 0.29) is 11.8 Å². The number of hydrogen-bond donors (Lipinski definition) is 1. The molecule has 4 heteroatoms. The van der Waals surface area contributed by atoms with Crippen molar-refractivity contribution in [3.63, 3.8) is 0 Å². The predicted molar refractivity (Wildman–Crippen MR) is 100 cm³/mol. The minimum absolute atomic E-state index is 0.0923. The number of aromatic nitrogens is 1. The van der Waals surface area contributed by atoms with Crippen molar-refractivity contribution in [1.29, 1.82) is 0 Å². The van der Waals surface area contributed by atoms with Crippen LogP contribution in [0.1, 0.15) is 22.6 Å². The molecule has 2 aromatic carbocycles. The predicted octanol–water partition coefficient (Wildman–Crippen LogP) is 4.92. The lowest BCUT2D eigenvalue weighted by Crippen LogP contribution is -2.23. The Morgan fingerprint density at radius 2 is 1.54 bits per heavy atom. The molecule has 24 heavy (non-hydrogen) atoms. The highest BCUT2D eigenvalue weighted by molar-refractivity contribution is 9.10. The maximum atomic E-state index is 13.0. The number of halogens is 1. The Kier molecular flexibility index (Phi) is 5.06. The van der Waals surface area contributed by atoms with Gasteiger partial charge in [0.25, 0.3) is 0 Å². The monoisotopic (exact) mass is 380 g/mol. The van der Waals surface area contributed by atoms with Gasteiger partial charge in [0.05, 0.1) is 5.92 Å². The molecule has 0 aliphatic rings. The number of hydrogen-bond acceptors (Lipinski definition) is 2. The third-order valence-corrected chi connectivity index (χ3v) is 4.25. The molecule has 1 amide bonds. The lowest BCUT2D eigenvalue weighted by atomic mass is 9.90. The normalized spacial score (nSPS) is 10.6. The Hall–Kier alpha value is -2.46. The zero-order valence-electron chi connectivity index (χ0n) is 13.2. The molecule has 0 aliphatic heterocycles. The van der Waals surface area contributed by atoms with E-state index in [0.29, 0.717) is 5.82 Å². The molecule has 1 aromatic heterocycles. The number of aryl methyl sites for hydroxylation is 1. The van der Waals surface area contributed by atoms with Gasteiger partial charge in [-0.05, 0) is 45.6 Å². The number of carbonyl (C=O) groups is 1. The average molecular weight is 381 g/mol. The van der Waals surface area contributed by atoms with Crippen molar-refractivity contribution in [2.24, 2.45) is 0 Å². The molecule has 0 fully saturated rings. The van der Waals surface area contributed by atoms with Crippen molar-refractivity contribution in [3.05, 3.63) is 94.1 Å². The fourth-order valence-corrected chi connectivity index (χ4v) is 3.09. The first-order valence-corrected chi connectivity index (χ1v) is 8.47. The minimum Gasteiger partial charge on any atom is -0.310 e. The first-order valence-electron chi connectivity index (χ1n) is 7.68. The van der Waals surface area contributed by atoms with Gasteiger partial charge in [0.2, 0.25) is 5.91 Å². The molecule has 3 nitrogen and oxygen atoms in total. The van der Waals surface area contributed by atoms with Gasteiger partial charge >= 0.3 is 0 Å². The zero-order chi connectivity index (χ0) is 16.9. The van der Waals surface area contributed by atoms with Crippen LogP contribution in [0.5, 0.6) is 0 Å². The van der Waals surface area contributed by atoms with Gasteiger partial charge in [-0.25, -0.2) is 4.98 Å². The summed E-state index contributed by atoms with van der Waals surface area (Å²) in [6, 6.07) is 21.5. The van der Waals surface area contributed by atoms with Crippen LogP contribution in [0.4, 0.5) is 5.82 Å². The smallest absolute Gasteiger partial charge is 0.237 e. The third kappa shape index (κ3) is 3.71. The van der Waals surface area contributed by atoms with E-state index in [4.69, 9.17) is 0 Å². The Labute approximate surface area is 149 Å². The summed E-state index contributed by atoms with van der Waals surface area (Å²) in [6.45, 7) is 1.92. The molecule has 0 atom stereocenters. The quantitative estimate of drug-likeness (QED) is 0.697. The van der Waals surface area contributed by atoms with Gasteiger partial charge < -0.3 is 5.32 Å². The van der Waals surface area contributed by atoms with Crippen molar-refractivity contribution in [3.8, 4) is 0 Å². The summed E-state index contributed by atoms with van der Waals surface area (Å²) >= 11 is 3.39. The van der Waals surface area contributed by atoms with Crippen LogP contribution >= 0.6 is 15.9 Å². The summed E-state index contributed by atoms with van der Waals surface area (Å²) in [6.07, 6.45) is 1.68. The van der Waals surface area contributed by atoms with Crippen LogP contribution in [0.25, 0.3) is 0 Å². The van der Waals surface area contributed by atoms with Gasteiger partial charge in [-0.15, -0.1) is 0 Å². The highest BCUT2D eigenvalue weighted by Gasteiger charge is 2.23. The number of amides is 1. The summed E-state index contributed by atoms with van der Waals surface area (Å²) in [5, 5.41) is 2.96. The molecule has 0 saturated heterocycles. The van der Waals surface area contributed by atoms with Crippen LogP contribution in [0.2, 0.25) is 0 Å². The standard InChI is InChI=1S/C20H17BrN2O/c1-14-12-17(21)13-22-19(14)23-20(24)18(15-8-4-2-5-9-15)16-10-6-3-7-11-16/h2-13,18H,1H3,(H,22,23,24). The minimum atomic E-state index is -0.378. The lowest BCUT2D eigenvalue weighted by Gasteiger charge is -2.18. The second-order valence-electron chi connectivity index (χ2n) is 5.56. The molecule has 0 aliphatic carbocycles. The molecule has 1 heterocycles. The molecule has 120 valence electrons. The summed E-state index contributed by atoms with van der Waals surface area (Å²) in [5.74, 6) is 0.114. The topological polar surface area (TPSA) is 42.0 Å². The summed E-state index contributed by atoms with van der Waals surface area (Å²) < 4.78 is 0.890. The third-order valence-electron chi connectivity index (χ3n) is 3.81. The summed E-state index contributed by atoms with van der Waals surface area (Å²) in [7, 11) is 0. The van der Waals surface area contributed by atoms with E-state index in [1.54, 1.807) is 6.20 Å². The van der Waals surface area contributed by atoms with Crippen molar-refractivity contribution in [1.82, 2.24) is 4.98 Å². The van der Waals surface area contributed by atoms with Crippen LogP contribution in [0, 0.1) is 6.92 Å². The van der Waals surface area contributed by atoms with E-state index in [2.05, 4.69) is 26.2 Å². The molecule has 0 saturated carbocycles. The first-order chi connectivity index (χ1) is 11.6. The van der Waals surface area contributed by atoms with Crippen molar-refractivity contribution < 1.29 is 4.79 Å². The molecular weight excluding hydrogens is 364 g/mol. The number of anilines is 1. The van der Waals surface area contributed by atoms with E-state index in [1.807, 2.05) is 73.7 Å². The van der Waals surface area contributed by atoms with Crippen LogP contribution in [0.3, 0.4) is 0 Å². The molecular formula is C20H17BrN2O. The van der Waals surface area contributed by atoms with Crippen LogP contribution in [0.15, 0.2) is 77.4 Å². The molecule has 0 spiro atoms. The van der Waals surface area contributed by atoms with Gasteiger partial charge in [-0.2, -0.15) is 0 Å². The Morgan fingerprint density at radius 1 is 1.00 bits per heavy atom. The van der Waals surface area contributed by atoms with Gasteiger partial charge in [-0.1, -0.05) is 60.7 Å². The van der Waals surface area contributed by atoms with Crippen molar-refractivity contribution in [2.45, 2.75) is 12.8 Å². The maximum Gasteiger partial charge on any atom is 0.237 e. The van der Waals surface area contributed by atoms with Gasteiger partial charge in [0.1, 0.15) is 5.82 Å². The van der Waals surface area contributed by atoms with Crippen LogP contribution in [-0.2, 0) is 4.79 Å². The van der Waals surface area contributed by atoms with Crippen LogP contribution in [-0.4, -0.2) is 10.9 Å². The average Bonchev–Trinajstić information content (AvgIpc) is 2.60. The molecule has 1 N–H and O–H groups in total. The van der Waals surface area contributed by atoms with E-state index >= 15 is 0 Å². The van der Waals surface area contributed by atoms with Gasteiger partial charge in [0.15, 0.2) is 0 Å². The van der Waals surface area contributed by atoms with Crippen LogP contribution < -0.4 is 5.32 Å². The van der Waals surface area contributed by atoms with Crippen molar-refractivity contribution in [2.75, 3.05) is 5.32 Å². The van der Waals surface area contributed by atoms with E-state index in [0.717, 1.165) is 21.2 Å². The number of benzene rings is 2. The van der Waals surface area contributed by atoms with E-state index < -0.39 is 0 Å². The molecule has 0 bridgehead atoms. The molecule has 0 unspecified atom stereocenters. The Balaban J connectivity index is 1.95. The largest absolute Gasteiger partial charge is 0.310 e. The fourth-order valence-electron chi connectivity index (χ4n) is 2.65. The van der Waals surface area contributed by atoms with Gasteiger partial charge in [0, 0.05) is 10.7 Å². The number of nitrogens with zero attached hydrogens (tertiary/aromatic N) is 1. The number of carbonyl (C=O) groups excluding carboxylic acids is 1. The maximum absolute atomic E-state index is 13.0. The van der Waals surface area contributed by atoms with Crippen molar-refractivity contribution >= 4 is 27.7 Å². The molecule has 0 radical (unpaired) electrons. The first kappa shape index (κ1) is 16.4. The summed E-state index contributed by atoms with van der Waals surface area (Å²) in [4.78, 5) is 17.3. The Morgan fingerprint density at radius 3 is 2.04 bits per heavy atom. The molecule has 3 rings (SSSR count). The molecule has 3 aromatic rings. The lowest BCUT2D eigenvalue weighted by molar-refractivity contribution is -0.116. The number of rotatable bonds is 4. The highest BCUT2D eigenvalue weighted by atomic mass is 79.9.